The summed E-state index contributed by atoms with van der Waals surface area (Å²) in [6.45, 7) is 1.53. The number of hydrogen-bond donors (Lipinski definition) is 1. The summed E-state index contributed by atoms with van der Waals surface area (Å²) >= 11 is 1.71. The molecular weight excluding hydrogens is 196 g/mol. The fourth-order valence-corrected chi connectivity index (χ4v) is 2.49. The quantitative estimate of drug-likeness (QED) is 0.799. The summed E-state index contributed by atoms with van der Waals surface area (Å²) in [6.07, 6.45) is 2.75. The van der Waals surface area contributed by atoms with Gasteiger partial charge in [0, 0.05) is 24.1 Å². The van der Waals surface area contributed by atoms with Crippen LogP contribution in [0, 0.1) is 0 Å². The van der Waals surface area contributed by atoms with Crippen LogP contribution in [0.1, 0.15) is 6.42 Å². The zero-order chi connectivity index (χ0) is 9.80. The number of ether oxygens (including phenoxy) is 1. The Morgan fingerprint density at radius 1 is 1.50 bits per heavy atom. The molecule has 1 aliphatic rings. The zero-order valence-corrected chi connectivity index (χ0v) is 8.74. The van der Waals surface area contributed by atoms with Gasteiger partial charge in [0.15, 0.2) is 0 Å². The molecule has 1 aromatic rings. The molecule has 2 heterocycles. The summed E-state index contributed by atoms with van der Waals surface area (Å²) < 4.78 is 5.40. The van der Waals surface area contributed by atoms with Crippen LogP contribution in [0.25, 0.3) is 0 Å². The predicted octanol–water partition coefficient (Wildman–Crippen LogP) is 1.29. The minimum absolute atomic E-state index is 0.232. The van der Waals surface area contributed by atoms with Crippen LogP contribution in [0.5, 0.6) is 0 Å². The summed E-state index contributed by atoms with van der Waals surface area (Å²) in [7, 11) is 0. The Morgan fingerprint density at radius 3 is 3.14 bits per heavy atom. The normalized spacial score (nSPS) is 27.5. The summed E-state index contributed by atoms with van der Waals surface area (Å²) in [4.78, 5) is 4.26. The molecule has 1 aliphatic heterocycles. The van der Waals surface area contributed by atoms with Gasteiger partial charge in [-0.05, 0) is 18.6 Å². The van der Waals surface area contributed by atoms with E-state index in [0.29, 0.717) is 5.25 Å². The molecule has 3 nitrogen and oxygen atoms in total. The van der Waals surface area contributed by atoms with Gasteiger partial charge in [0.25, 0.3) is 0 Å². The van der Waals surface area contributed by atoms with E-state index >= 15 is 0 Å². The van der Waals surface area contributed by atoms with Crippen molar-refractivity contribution in [3.63, 3.8) is 0 Å². The minimum Gasteiger partial charge on any atom is -0.380 e. The Labute approximate surface area is 88.0 Å². The van der Waals surface area contributed by atoms with Gasteiger partial charge in [0.2, 0.25) is 0 Å². The van der Waals surface area contributed by atoms with Gasteiger partial charge in [-0.2, -0.15) is 0 Å². The van der Waals surface area contributed by atoms with E-state index in [1.165, 1.54) is 0 Å². The van der Waals surface area contributed by atoms with Crippen LogP contribution in [0.4, 0.5) is 0 Å². The molecule has 1 aromatic heterocycles. The van der Waals surface area contributed by atoms with Crippen LogP contribution < -0.4 is 5.73 Å². The van der Waals surface area contributed by atoms with E-state index < -0.39 is 0 Å². The first-order valence-corrected chi connectivity index (χ1v) is 5.65. The molecule has 0 bridgehead atoms. The van der Waals surface area contributed by atoms with Crippen LogP contribution in [0.2, 0.25) is 0 Å². The Balaban J connectivity index is 1.96. The van der Waals surface area contributed by atoms with Crippen molar-refractivity contribution in [3.05, 3.63) is 24.4 Å². The van der Waals surface area contributed by atoms with E-state index in [-0.39, 0.29) is 6.04 Å². The highest BCUT2D eigenvalue weighted by molar-refractivity contribution is 8.00. The Morgan fingerprint density at radius 2 is 2.43 bits per heavy atom. The number of pyridine rings is 1. The second-order valence-corrected chi connectivity index (χ2v) is 4.61. The van der Waals surface area contributed by atoms with Crippen LogP contribution in [0.3, 0.4) is 0 Å². The second kappa shape index (κ2) is 4.77. The fraction of sp³-hybridized carbons (Fsp3) is 0.500. The molecule has 0 radical (unpaired) electrons. The van der Waals surface area contributed by atoms with Gasteiger partial charge < -0.3 is 10.5 Å². The number of hydrogen-bond acceptors (Lipinski definition) is 4. The van der Waals surface area contributed by atoms with E-state index in [9.17, 15) is 0 Å². The molecule has 4 heteroatoms. The van der Waals surface area contributed by atoms with Gasteiger partial charge in [-0.25, -0.2) is 4.98 Å². The highest BCUT2D eigenvalue weighted by Gasteiger charge is 2.23. The third-order valence-corrected chi connectivity index (χ3v) is 3.54. The van der Waals surface area contributed by atoms with Crippen molar-refractivity contribution in [2.24, 2.45) is 5.73 Å². The smallest absolute Gasteiger partial charge is 0.0963 e. The van der Waals surface area contributed by atoms with Gasteiger partial charge in [0.05, 0.1) is 11.6 Å². The van der Waals surface area contributed by atoms with E-state index in [1.807, 2.05) is 18.2 Å². The van der Waals surface area contributed by atoms with E-state index in [0.717, 1.165) is 24.7 Å². The molecule has 76 valence electrons. The molecule has 0 amide bonds. The Bertz CT molecular complexity index is 281. The fourth-order valence-electron chi connectivity index (χ4n) is 1.42. The lowest BCUT2D eigenvalue weighted by Crippen LogP contribution is -2.40. The van der Waals surface area contributed by atoms with Gasteiger partial charge >= 0.3 is 0 Å². The van der Waals surface area contributed by atoms with Crippen LogP contribution in [-0.2, 0) is 4.74 Å². The number of nitrogens with zero attached hydrogens (tertiary/aromatic N) is 1. The molecular formula is C10H14N2OS. The maximum absolute atomic E-state index is 6.00. The van der Waals surface area contributed by atoms with Crippen molar-refractivity contribution < 1.29 is 4.74 Å². The molecule has 1 saturated heterocycles. The summed E-state index contributed by atoms with van der Waals surface area (Å²) in [5, 5.41) is 1.37. The number of nitrogens with two attached hydrogens (primary N) is 1. The lowest BCUT2D eigenvalue weighted by Gasteiger charge is -2.27. The molecule has 14 heavy (non-hydrogen) atoms. The lowest BCUT2D eigenvalue weighted by atomic mass is 10.1. The number of thioether (sulfide) groups is 1. The average molecular weight is 210 g/mol. The van der Waals surface area contributed by atoms with Crippen molar-refractivity contribution in [3.8, 4) is 0 Å². The largest absolute Gasteiger partial charge is 0.380 e. The van der Waals surface area contributed by atoms with Gasteiger partial charge in [0.1, 0.15) is 0 Å². The summed E-state index contributed by atoms with van der Waals surface area (Å²) in [5.41, 5.74) is 6.00. The third-order valence-electron chi connectivity index (χ3n) is 2.27. The molecule has 0 spiro atoms. The molecule has 2 atom stereocenters. The van der Waals surface area contributed by atoms with Gasteiger partial charge in [-0.1, -0.05) is 17.8 Å². The van der Waals surface area contributed by atoms with Crippen molar-refractivity contribution in [1.29, 1.82) is 0 Å². The Kier molecular flexibility index (Phi) is 3.39. The van der Waals surface area contributed by atoms with Crippen molar-refractivity contribution in [2.45, 2.75) is 22.7 Å². The zero-order valence-electron chi connectivity index (χ0n) is 7.93. The van der Waals surface area contributed by atoms with Crippen LogP contribution >= 0.6 is 11.8 Å². The Hall–Kier alpha value is -0.580. The third kappa shape index (κ3) is 2.47. The van der Waals surface area contributed by atoms with Crippen molar-refractivity contribution in [2.75, 3.05) is 13.2 Å². The van der Waals surface area contributed by atoms with Crippen LogP contribution in [-0.4, -0.2) is 29.5 Å². The van der Waals surface area contributed by atoms with E-state index in [2.05, 4.69) is 4.98 Å². The number of rotatable bonds is 2. The molecule has 0 aromatic carbocycles. The molecule has 2 rings (SSSR count). The monoisotopic (exact) mass is 210 g/mol. The molecule has 0 saturated carbocycles. The maximum atomic E-state index is 6.00. The first-order valence-electron chi connectivity index (χ1n) is 4.77. The standard InChI is InChI=1S/C10H14N2OS/c11-8-4-6-13-7-9(8)14-10-3-1-2-5-12-10/h1-3,5,8-9H,4,6-7,11H2. The van der Waals surface area contributed by atoms with E-state index in [4.69, 9.17) is 10.5 Å². The summed E-state index contributed by atoms with van der Waals surface area (Å²) in [5.74, 6) is 0. The first-order chi connectivity index (χ1) is 6.86. The molecule has 2 N–H and O–H groups in total. The average Bonchev–Trinajstić information content (AvgIpc) is 2.23. The minimum atomic E-state index is 0.232. The van der Waals surface area contributed by atoms with E-state index in [1.54, 1.807) is 18.0 Å². The SMILES string of the molecule is NC1CCOCC1Sc1ccccn1. The molecule has 0 aliphatic carbocycles. The highest BCUT2D eigenvalue weighted by Crippen LogP contribution is 2.26. The van der Waals surface area contributed by atoms with Gasteiger partial charge in [-0.3, -0.25) is 0 Å². The molecule has 1 fully saturated rings. The van der Waals surface area contributed by atoms with Crippen LogP contribution in [0.15, 0.2) is 29.4 Å². The lowest BCUT2D eigenvalue weighted by molar-refractivity contribution is 0.0915. The number of aromatic nitrogens is 1. The predicted molar refractivity (Wildman–Crippen MR) is 57.3 cm³/mol. The highest BCUT2D eigenvalue weighted by atomic mass is 32.2. The summed E-state index contributed by atoms with van der Waals surface area (Å²) in [6, 6.07) is 6.15. The van der Waals surface area contributed by atoms with Gasteiger partial charge in [-0.15, -0.1) is 0 Å². The first kappa shape index (κ1) is 9.96. The second-order valence-electron chi connectivity index (χ2n) is 3.35. The molecule has 2 unspecified atom stereocenters. The maximum Gasteiger partial charge on any atom is 0.0963 e. The topological polar surface area (TPSA) is 48.1 Å². The van der Waals surface area contributed by atoms with Crippen molar-refractivity contribution in [1.82, 2.24) is 4.98 Å². The van der Waals surface area contributed by atoms with Crippen molar-refractivity contribution >= 4 is 11.8 Å².